The maximum atomic E-state index is 13.8. The van der Waals surface area contributed by atoms with E-state index in [1.807, 2.05) is 36.4 Å². The van der Waals surface area contributed by atoms with Crippen molar-refractivity contribution in [2.24, 2.45) is 0 Å². The molecule has 1 aliphatic rings. The number of hydrogen-bond acceptors (Lipinski definition) is 4. The molecule has 2 heterocycles. The number of hydrogen-bond donors (Lipinski definition) is 0. The minimum atomic E-state index is 0.0106. The number of benzene rings is 2. The molecule has 0 radical (unpaired) electrons. The normalized spacial score (nSPS) is 13.5. The van der Waals surface area contributed by atoms with Gasteiger partial charge in [0.05, 0.1) is 11.1 Å². The molecule has 0 saturated carbocycles. The van der Waals surface area contributed by atoms with Gasteiger partial charge in [-0.3, -0.25) is 9.36 Å². The number of halogens is 3. The van der Waals surface area contributed by atoms with Crippen LogP contribution in [0.25, 0.3) is 15.9 Å². The number of aryl methyl sites for hydroxylation is 2. The van der Waals surface area contributed by atoms with Gasteiger partial charge in [0.1, 0.15) is 4.83 Å². The zero-order chi connectivity index (χ0) is 21.5. The first-order chi connectivity index (χ1) is 15.0. The lowest BCUT2D eigenvalue weighted by molar-refractivity contribution is 0.699. The summed E-state index contributed by atoms with van der Waals surface area (Å²) in [6, 6.07) is 13.3. The van der Waals surface area contributed by atoms with Gasteiger partial charge in [0.25, 0.3) is 5.56 Å². The highest BCUT2D eigenvalue weighted by Crippen LogP contribution is 2.36. The average molecular weight is 552 g/mol. The maximum absolute atomic E-state index is 13.8. The zero-order valence-electron chi connectivity index (χ0n) is 16.3. The lowest BCUT2D eigenvalue weighted by Gasteiger charge is -2.14. The maximum Gasteiger partial charge on any atom is 0.267 e. The Morgan fingerprint density at radius 1 is 1.10 bits per heavy atom. The SMILES string of the molecule is O=c1c2c3c(sc2nc(SCc2ccc(Cl)cc2Cl)n1-c1ccc(Br)cc1)CCCC3. The molecule has 2 aromatic heterocycles. The Labute approximate surface area is 206 Å². The van der Waals surface area contributed by atoms with Gasteiger partial charge in [0.15, 0.2) is 5.16 Å². The van der Waals surface area contributed by atoms with Gasteiger partial charge < -0.3 is 0 Å². The summed E-state index contributed by atoms with van der Waals surface area (Å²) in [7, 11) is 0. The Balaban J connectivity index is 1.65. The topological polar surface area (TPSA) is 34.9 Å². The first-order valence-electron chi connectivity index (χ1n) is 9.91. The number of nitrogens with zero attached hydrogens (tertiary/aromatic N) is 2. The third-order valence-corrected chi connectivity index (χ3v) is 8.70. The summed E-state index contributed by atoms with van der Waals surface area (Å²) < 4.78 is 2.71. The van der Waals surface area contributed by atoms with E-state index >= 15 is 0 Å². The second kappa shape index (κ2) is 8.91. The highest BCUT2D eigenvalue weighted by atomic mass is 79.9. The Hall–Kier alpha value is -1.31. The van der Waals surface area contributed by atoms with Crippen LogP contribution in [-0.4, -0.2) is 9.55 Å². The van der Waals surface area contributed by atoms with E-state index in [-0.39, 0.29) is 5.56 Å². The molecule has 5 rings (SSSR count). The van der Waals surface area contributed by atoms with E-state index in [0.717, 1.165) is 45.2 Å². The first kappa shape index (κ1) is 21.5. The Morgan fingerprint density at radius 3 is 2.65 bits per heavy atom. The Kier molecular flexibility index (Phi) is 6.19. The molecule has 0 atom stereocenters. The summed E-state index contributed by atoms with van der Waals surface area (Å²) in [5.41, 5.74) is 2.98. The van der Waals surface area contributed by atoms with Gasteiger partial charge in [-0.15, -0.1) is 11.3 Å². The van der Waals surface area contributed by atoms with E-state index in [1.165, 1.54) is 28.6 Å². The number of thiophene rings is 1. The van der Waals surface area contributed by atoms with Crippen molar-refractivity contribution in [2.45, 2.75) is 36.6 Å². The van der Waals surface area contributed by atoms with Crippen molar-refractivity contribution in [1.82, 2.24) is 9.55 Å². The quantitative estimate of drug-likeness (QED) is 0.192. The van der Waals surface area contributed by atoms with Crippen LogP contribution in [0.2, 0.25) is 10.0 Å². The van der Waals surface area contributed by atoms with Crippen LogP contribution in [0, 0.1) is 0 Å². The van der Waals surface area contributed by atoms with Gasteiger partial charge in [-0.1, -0.05) is 57.0 Å². The van der Waals surface area contributed by atoms with Crippen LogP contribution in [0.5, 0.6) is 0 Å². The zero-order valence-corrected chi connectivity index (χ0v) is 21.1. The van der Waals surface area contributed by atoms with Gasteiger partial charge in [0, 0.05) is 25.1 Å². The van der Waals surface area contributed by atoms with E-state index in [2.05, 4.69) is 15.9 Å². The van der Waals surface area contributed by atoms with Crippen LogP contribution in [0.3, 0.4) is 0 Å². The predicted molar refractivity (Wildman–Crippen MR) is 136 cm³/mol. The molecular formula is C23H17BrCl2N2OS2. The number of aromatic nitrogens is 2. The van der Waals surface area contributed by atoms with Crippen LogP contribution >= 0.6 is 62.2 Å². The van der Waals surface area contributed by atoms with E-state index in [1.54, 1.807) is 22.0 Å². The molecule has 8 heteroatoms. The molecular weight excluding hydrogens is 535 g/mol. The van der Waals surface area contributed by atoms with E-state index < -0.39 is 0 Å². The molecule has 1 aliphatic carbocycles. The smallest absolute Gasteiger partial charge is 0.267 e. The fraction of sp³-hybridized carbons (Fsp3) is 0.217. The summed E-state index contributed by atoms with van der Waals surface area (Å²) in [5.74, 6) is 0.593. The van der Waals surface area contributed by atoms with Crippen LogP contribution in [0.4, 0.5) is 0 Å². The standard InChI is InChI=1S/C23H17BrCl2N2OS2/c24-14-6-9-16(10-7-14)28-22(29)20-17-3-1-2-4-19(17)31-21(20)27-23(28)30-12-13-5-8-15(25)11-18(13)26/h5-11H,1-4,12H2. The average Bonchev–Trinajstić information content (AvgIpc) is 3.13. The molecule has 0 N–H and O–H groups in total. The molecule has 0 amide bonds. The molecule has 158 valence electrons. The molecule has 3 nitrogen and oxygen atoms in total. The number of fused-ring (bicyclic) bond motifs is 3. The molecule has 31 heavy (non-hydrogen) atoms. The van der Waals surface area contributed by atoms with Gasteiger partial charge >= 0.3 is 0 Å². The van der Waals surface area contributed by atoms with E-state index in [9.17, 15) is 4.79 Å². The lowest BCUT2D eigenvalue weighted by atomic mass is 9.97. The number of thioether (sulfide) groups is 1. The van der Waals surface area contributed by atoms with E-state index in [4.69, 9.17) is 28.2 Å². The minimum absolute atomic E-state index is 0.0106. The predicted octanol–water partition coefficient (Wildman–Crippen LogP) is 7.69. The van der Waals surface area contributed by atoms with Crippen LogP contribution in [0.1, 0.15) is 28.8 Å². The van der Waals surface area contributed by atoms with Gasteiger partial charge in [-0.2, -0.15) is 0 Å². The van der Waals surface area contributed by atoms with Crippen molar-refractivity contribution in [3.8, 4) is 5.69 Å². The van der Waals surface area contributed by atoms with Crippen molar-refractivity contribution < 1.29 is 0 Å². The fourth-order valence-corrected chi connectivity index (χ4v) is 7.02. The van der Waals surface area contributed by atoms with Crippen LogP contribution < -0.4 is 5.56 Å². The second-order valence-corrected chi connectivity index (χ2v) is 11.2. The van der Waals surface area contributed by atoms with Gasteiger partial charge in [0.2, 0.25) is 0 Å². The summed E-state index contributed by atoms with van der Waals surface area (Å²) in [6.07, 6.45) is 4.30. The van der Waals surface area contributed by atoms with Crippen LogP contribution in [0.15, 0.2) is 56.9 Å². The van der Waals surface area contributed by atoms with Crippen molar-refractivity contribution >= 4 is 72.4 Å². The van der Waals surface area contributed by atoms with Crippen molar-refractivity contribution in [3.05, 3.63) is 83.3 Å². The monoisotopic (exact) mass is 550 g/mol. The minimum Gasteiger partial charge on any atom is -0.268 e. The second-order valence-electron chi connectivity index (χ2n) is 7.43. The Morgan fingerprint density at radius 2 is 1.87 bits per heavy atom. The molecule has 2 aromatic carbocycles. The van der Waals surface area contributed by atoms with Crippen molar-refractivity contribution in [1.29, 1.82) is 0 Å². The first-order valence-corrected chi connectivity index (χ1v) is 13.3. The largest absolute Gasteiger partial charge is 0.268 e. The van der Waals surface area contributed by atoms with Crippen molar-refractivity contribution in [2.75, 3.05) is 0 Å². The van der Waals surface area contributed by atoms with E-state index in [0.29, 0.717) is 21.0 Å². The highest BCUT2D eigenvalue weighted by molar-refractivity contribution is 9.10. The Bertz CT molecular complexity index is 1350. The molecule has 0 saturated heterocycles. The summed E-state index contributed by atoms with van der Waals surface area (Å²) in [4.78, 5) is 20.9. The summed E-state index contributed by atoms with van der Waals surface area (Å²) in [6.45, 7) is 0. The fourth-order valence-electron chi connectivity index (χ4n) is 3.88. The molecule has 4 aromatic rings. The van der Waals surface area contributed by atoms with Gasteiger partial charge in [-0.25, -0.2) is 4.98 Å². The highest BCUT2D eigenvalue weighted by Gasteiger charge is 2.23. The van der Waals surface area contributed by atoms with Crippen molar-refractivity contribution in [3.63, 3.8) is 0 Å². The molecule has 0 unspecified atom stereocenters. The molecule has 0 aliphatic heterocycles. The number of rotatable bonds is 4. The third kappa shape index (κ3) is 4.21. The molecule has 0 bridgehead atoms. The van der Waals surface area contributed by atoms with Crippen LogP contribution in [-0.2, 0) is 18.6 Å². The van der Waals surface area contributed by atoms with Gasteiger partial charge in [-0.05, 0) is 73.2 Å². The summed E-state index contributed by atoms with van der Waals surface area (Å²) in [5, 5.41) is 2.68. The third-order valence-electron chi connectivity index (χ3n) is 5.41. The molecule has 0 spiro atoms. The summed E-state index contributed by atoms with van der Waals surface area (Å²) >= 11 is 19.1. The lowest BCUT2D eigenvalue weighted by Crippen LogP contribution is -2.22. The molecule has 0 fully saturated rings.